The minimum absolute atomic E-state index is 0.225. The van der Waals surface area contributed by atoms with Gasteiger partial charge in [-0.15, -0.1) is 0 Å². The number of sulfone groups is 1. The summed E-state index contributed by atoms with van der Waals surface area (Å²) in [5.41, 5.74) is 1.60. The van der Waals surface area contributed by atoms with E-state index in [-0.39, 0.29) is 10.7 Å². The summed E-state index contributed by atoms with van der Waals surface area (Å²) in [6, 6.07) is 13.6. The first-order chi connectivity index (χ1) is 15.5. The lowest BCUT2D eigenvalue weighted by Crippen LogP contribution is -2.46. The maximum Gasteiger partial charge on any atom is 0.217 e. The van der Waals surface area contributed by atoms with E-state index in [1.807, 2.05) is 18.2 Å². The largest absolute Gasteiger partial charge is 0.369 e. The van der Waals surface area contributed by atoms with E-state index < -0.39 is 15.6 Å². The van der Waals surface area contributed by atoms with Crippen LogP contribution in [0, 0.1) is 5.82 Å². The average molecular weight is 459 g/mol. The van der Waals surface area contributed by atoms with E-state index >= 15 is 0 Å². The molecule has 2 saturated heterocycles. The van der Waals surface area contributed by atoms with Crippen LogP contribution in [0.3, 0.4) is 0 Å². The summed E-state index contributed by atoms with van der Waals surface area (Å²) in [7, 11) is -3.55. The summed E-state index contributed by atoms with van der Waals surface area (Å²) in [6.45, 7) is 5.22. The minimum Gasteiger partial charge on any atom is -0.369 e. The number of halogens is 1. The predicted molar refractivity (Wildman–Crippen MR) is 120 cm³/mol. The van der Waals surface area contributed by atoms with Gasteiger partial charge in [0.05, 0.1) is 23.0 Å². The van der Waals surface area contributed by atoms with Gasteiger partial charge in [-0.25, -0.2) is 12.8 Å². The summed E-state index contributed by atoms with van der Waals surface area (Å²) < 4.78 is 51.4. The van der Waals surface area contributed by atoms with Crippen LogP contribution in [0.15, 0.2) is 64.4 Å². The highest BCUT2D eigenvalue weighted by Gasteiger charge is 2.46. The van der Waals surface area contributed by atoms with E-state index in [4.69, 9.17) is 9.47 Å². The molecule has 0 radical (unpaired) electrons. The number of piperazine rings is 1. The summed E-state index contributed by atoms with van der Waals surface area (Å²) in [6.07, 6.45) is 2.85. The third-order valence-electron chi connectivity index (χ3n) is 6.43. The van der Waals surface area contributed by atoms with E-state index in [0.717, 1.165) is 44.8 Å². The molecule has 0 amide bonds. The normalized spacial score (nSPS) is 22.0. The lowest BCUT2D eigenvalue weighted by Gasteiger charge is -2.36. The minimum atomic E-state index is -3.55. The molecule has 3 aliphatic heterocycles. The molecule has 2 aromatic carbocycles. The van der Waals surface area contributed by atoms with Crippen LogP contribution in [0.2, 0.25) is 0 Å². The Balaban J connectivity index is 1.22. The summed E-state index contributed by atoms with van der Waals surface area (Å²) >= 11 is 0. The highest BCUT2D eigenvalue weighted by molar-refractivity contribution is 7.95. The molecule has 3 aliphatic rings. The summed E-state index contributed by atoms with van der Waals surface area (Å²) in [4.78, 5) is 5.26. The monoisotopic (exact) mass is 458 g/mol. The molecule has 3 heterocycles. The van der Waals surface area contributed by atoms with Crippen molar-refractivity contribution in [1.82, 2.24) is 4.90 Å². The molecule has 2 aromatic rings. The van der Waals surface area contributed by atoms with Crippen LogP contribution in [0.25, 0.3) is 0 Å². The Bertz CT molecular complexity index is 1100. The lowest BCUT2D eigenvalue weighted by molar-refractivity contribution is -0.126. The smallest absolute Gasteiger partial charge is 0.217 e. The van der Waals surface area contributed by atoms with E-state index in [2.05, 4.69) is 9.80 Å². The van der Waals surface area contributed by atoms with Crippen LogP contribution in [0.4, 0.5) is 10.1 Å². The Morgan fingerprint density at radius 2 is 1.62 bits per heavy atom. The molecular formula is C24H27FN2O4S. The fraction of sp³-hybridized carbons (Fsp3) is 0.417. The van der Waals surface area contributed by atoms with E-state index in [0.29, 0.717) is 30.1 Å². The van der Waals surface area contributed by atoms with Crippen molar-refractivity contribution in [2.24, 2.45) is 0 Å². The number of ether oxygens (including phenoxy) is 2. The molecule has 1 spiro atoms. The molecule has 0 unspecified atom stereocenters. The molecular weight excluding hydrogens is 431 g/mol. The Hall–Kier alpha value is -2.26. The van der Waals surface area contributed by atoms with Crippen molar-refractivity contribution in [2.75, 3.05) is 50.8 Å². The first kappa shape index (κ1) is 21.6. The lowest BCUT2D eigenvalue weighted by atomic mass is 10.0. The quantitative estimate of drug-likeness (QED) is 0.685. The number of nitrogens with zero attached hydrogens (tertiary/aromatic N) is 2. The summed E-state index contributed by atoms with van der Waals surface area (Å²) in [5.74, 6) is -1.31. The molecule has 5 rings (SSSR count). The Morgan fingerprint density at radius 1 is 0.938 bits per heavy atom. The van der Waals surface area contributed by atoms with E-state index in [9.17, 15) is 12.8 Å². The molecule has 2 fully saturated rings. The second-order valence-electron chi connectivity index (χ2n) is 8.38. The second-order valence-corrected chi connectivity index (χ2v) is 10.4. The molecule has 6 nitrogen and oxygen atoms in total. The highest BCUT2D eigenvalue weighted by Crippen LogP contribution is 2.44. The van der Waals surface area contributed by atoms with Crippen molar-refractivity contribution in [3.05, 3.63) is 70.9 Å². The SMILES string of the molecule is O=S1(=O)C(CCCN2CCN(c3ccc(F)cc3)CC2)=CC2(OCCO2)c2ccccc21. The van der Waals surface area contributed by atoms with Gasteiger partial charge in [0, 0.05) is 37.4 Å². The molecule has 170 valence electrons. The third kappa shape index (κ3) is 3.96. The predicted octanol–water partition coefficient (Wildman–Crippen LogP) is 3.30. The first-order valence-electron chi connectivity index (χ1n) is 11.1. The van der Waals surface area contributed by atoms with Crippen LogP contribution >= 0.6 is 0 Å². The molecule has 0 aliphatic carbocycles. The van der Waals surface area contributed by atoms with Gasteiger partial charge in [-0.2, -0.15) is 0 Å². The van der Waals surface area contributed by atoms with E-state index in [1.54, 1.807) is 24.3 Å². The molecule has 8 heteroatoms. The maximum absolute atomic E-state index is 13.2. The van der Waals surface area contributed by atoms with Crippen molar-refractivity contribution in [3.63, 3.8) is 0 Å². The van der Waals surface area contributed by atoms with Crippen molar-refractivity contribution in [3.8, 4) is 0 Å². The van der Waals surface area contributed by atoms with Gasteiger partial charge >= 0.3 is 0 Å². The Morgan fingerprint density at radius 3 is 2.34 bits per heavy atom. The van der Waals surface area contributed by atoms with Crippen molar-refractivity contribution in [1.29, 1.82) is 0 Å². The van der Waals surface area contributed by atoms with Crippen LogP contribution in [-0.2, 0) is 25.1 Å². The third-order valence-corrected chi connectivity index (χ3v) is 8.37. The van der Waals surface area contributed by atoms with Gasteiger partial charge in [0.15, 0.2) is 0 Å². The fourth-order valence-corrected chi connectivity index (χ4v) is 6.49. The maximum atomic E-state index is 13.2. The van der Waals surface area contributed by atoms with Gasteiger partial charge in [-0.05, 0) is 55.8 Å². The Kier molecular flexibility index (Phi) is 5.79. The number of hydrogen-bond donors (Lipinski definition) is 0. The number of benzene rings is 2. The zero-order valence-electron chi connectivity index (χ0n) is 17.9. The zero-order valence-corrected chi connectivity index (χ0v) is 18.7. The van der Waals surface area contributed by atoms with Crippen LogP contribution in [0.1, 0.15) is 18.4 Å². The van der Waals surface area contributed by atoms with Gasteiger partial charge in [0.1, 0.15) is 5.82 Å². The van der Waals surface area contributed by atoms with Crippen LogP contribution < -0.4 is 4.90 Å². The topological polar surface area (TPSA) is 59.1 Å². The van der Waals surface area contributed by atoms with Crippen LogP contribution in [0.5, 0.6) is 0 Å². The van der Waals surface area contributed by atoms with Crippen molar-refractivity contribution < 1.29 is 22.3 Å². The first-order valence-corrected chi connectivity index (χ1v) is 12.5. The molecule has 0 bridgehead atoms. The zero-order chi connectivity index (χ0) is 22.2. The number of fused-ring (bicyclic) bond motifs is 2. The molecule has 32 heavy (non-hydrogen) atoms. The van der Waals surface area contributed by atoms with Crippen LogP contribution in [-0.4, -0.2) is 59.3 Å². The number of anilines is 1. The fourth-order valence-electron chi connectivity index (χ4n) is 4.73. The van der Waals surface area contributed by atoms with Gasteiger partial charge in [-0.3, -0.25) is 4.90 Å². The van der Waals surface area contributed by atoms with Crippen molar-refractivity contribution >= 4 is 15.5 Å². The number of hydrogen-bond acceptors (Lipinski definition) is 6. The second kappa shape index (κ2) is 8.59. The van der Waals surface area contributed by atoms with Crippen molar-refractivity contribution in [2.45, 2.75) is 23.5 Å². The number of allylic oxidation sites excluding steroid dienone is 1. The molecule has 0 aromatic heterocycles. The summed E-state index contributed by atoms with van der Waals surface area (Å²) in [5, 5.41) is 0. The van der Waals surface area contributed by atoms with E-state index in [1.165, 1.54) is 12.1 Å². The average Bonchev–Trinajstić information content (AvgIpc) is 3.28. The van der Waals surface area contributed by atoms with Gasteiger partial charge in [-0.1, -0.05) is 18.2 Å². The highest BCUT2D eigenvalue weighted by atomic mass is 32.2. The standard InChI is InChI=1S/C24H27FN2O4S/c25-19-7-9-20(10-8-19)27-14-12-26(13-15-27)11-3-4-21-18-24(30-16-17-31-24)22-5-1-2-6-23(22)32(21,28)29/h1-2,5-10,18H,3-4,11-17H2. The molecule has 0 N–H and O–H groups in total. The number of rotatable bonds is 5. The Labute approximate surface area is 188 Å². The molecule has 0 saturated carbocycles. The van der Waals surface area contributed by atoms with Gasteiger partial charge in [0.2, 0.25) is 15.6 Å². The van der Waals surface area contributed by atoms with Gasteiger partial charge < -0.3 is 14.4 Å². The van der Waals surface area contributed by atoms with Gasteiger partial charge in [0.25, 0.3) is 0 Å². The molecule has 0 atom stereocenters.